The van der Waals surface area contributed by atoms with E-state index in [0.29, 0.717) is 5.56 Å². The van der Waals surface area contributed by atoms with E-state index in [1.807, 2.05) is 0 Å². The molecule has 0 unspecified atom stereocenters. The van der Waals surface area contributed by atoms with E-state index in [2.05, 4.69) is 0 Å². The number of aromatic carboxylic acids is 1. The molecule has 0 bridgehead atoms. The molecular formula is C14H10FNO5. The van der Waals surface area contributed by atoms with Crippen molar-refractivity contribution < 1.29 is 24.0 Å². The Bertz CT molecular complexity index is 729. The van der Waals surface area contributed by atoms with Crippen LogP contribution in [0.3, 0.4) is 0 Å². The van der Waals surface area contributed by atoms with Crippen LogP contribution in [-0.4, -0.2) is 16.0 Å². The van der Waals surface area contributed by atoms with Gasteiger partial charge in [-0.1, -0.05) is 6.07 Å². The number of nitro groups is 1. The zero-order chi connectivity index (χ0) is 15.6. The molecule has 7 heteroatoms. The third-order valence-corrected chi connectivity index (χ3v) is 2.77. The first kappa shape index (κ1) is 14.4. The summed E-state index contributed by atoms with van der Waals surface area (Å²) in [5.74, 6) is -1.67. The topological polar surface area (TPSA) is 89.7 Å². The summed E-state index contributed by atoms with van der Waals surface area (Å²) in [5, 5.41) is 19.7. The van der Waals surface area contributed by atoms with E-state index in [9.17, 15) is 19.3 Å². The number of hydrogen-bond donors (Lipinski definition) is 1. The maximum Gasteiger partial charge on any atom is 0.342 e. The van der Waals surface area contributed by atoms with Gasteiger partial charge in [0, 0.05) is 18.2 Å². The summed E-state index contributed by atoms with van der Waals surface area (Å²) in [4.78, 5) is 20.9. The molecule has 21 heavy (non-hydrogen) atoms. The monoisotopic (exact) mass is 291 g/mol. The molecule has 0 radical (unpaired) electrons. The van der Waals surface area contributed by atoms with Crippen LogP contribution >= 0.6 is 0 Å². The van der Waals surface area contributed by atoms with Crippen LogP contribution in [0.4, 0.5) is 10.1 Å². The molecule has 0 spiro atoms. The smallest absolute Gasteiger partial charge is 0.342 e. The highest BCUT2D eigenvalue weighted by Gasteiger charge is 2.20. The highest BCUT2D eigenvalue weighted by atomic mass is 19.1. The van der Waals surface area contributed by atoms with E-state index in [-0.39, 0.29) is 11.5 Å². The molecule has 1 N–H and O–H groups in total. The number of carboxylic acids is 1. The number of halogens is 1. The Balaban J connectivity index is 2.36. The first-order chi connectivity index (χ1) is 9.88. The molecule has 0 aliphatic heterocycles. The Labute approximate surface area is 118 Å². The Morgan fingerprint density at radius 2 is 1.86 bits per heavy atom. The number of rotatable bonds is 4. The van der Waals surface area contributed by atoms with Gasteiger partial charge in [0.05, 0.1) is 4.92 Å². The van der Waals surface area contributed by atoms with Crippen molar-refractivity contribution in [3.63, 3.8) is 0 Å². The molecule has 0 aliphatic rings. The minimum absolute atomic E-state index is 0.0706. The van der Waals surface area contributed by atoms with Gasteiger partial charge in [0.25, 0.3) is 5.69 Å². The van der Waals surface area contributed by atoms with Gasteiger partial charge < -0.3 is 9.84 Å². The van der Waals surface area contributed by atoms with Crippen LogP contribution < -0.4 is 4.74 Å². The number of benzene rings is 2. The quantitative estimate of drug-likeness (QED) is 0.687. The van der Waals surface area contributed by atoms with E-state index in [1.165, 1.54) is 18.2 Å². The lowest BCUT2D eigenvalue weighted by atomic mass is 10.1. The van der Waals surface area contributed by atoms with Gasteiger partial charge in [-0.2, -0.15) is 0 Å². The highest BCUT2D eigenvalue weighted by Crippen LogP contribution is 2.28. The predicted octanol–water partition coefficient (Wildman–Crippen LogP) is 3.53. The number of carbonyl (C=O) groups is 1. The highest BCUT2D eigenvalue weighted by molar-refractivity contribution is 5.92. The lowest BCUT2D eigenvalue weighted by Gasteiger charge is -2.07. The molecule has 2 aromatic rings. The standard InChI is InChI=1S/C14H10FNO5/c1-8-2-3-10(7-12(8)15)21-9-4-5-13(16(19)20)11(6-9)14(17)18/h2-7H,1H3,(H,17,18). The Hall–Kier alpha value is -2.96. The third kappa shape index (κ3) is 3.14. The summed E-state index contributed by atoms with van der Waals surface area (Å²) in [7, 11) is 0. The summed E-state index contributed by atoms with van der Waals surface area (Å²) >= 11 is 0. The van der Waals surface area contributed by atoms with Crippen molar-refractivity contribution in [3.05, 3.63) is 63.5 Å². The second-order valence-electron chi connectivity index (χ2n) is 4.25. The van der Waals surface area contributed by atoms with E-state index in [0.717, 1.165) is 18.2 Å². The largest absolute Gasteiger partial charge is 0.477 e. The normalized spacial score (nSPS) is 10.2. The molecule has 2 aromatic carbocycles. The Morgan fingerprint density at radius 1 is 1.24 bits per heavy atom. The number of nitrogens with zero attached hydrogens (tertiary/aromatic N) is 1. The number of nitro benzene ring substituents is 1. The van der Waals surface area contributed by atoms with Gasteiger partial charge in [-0.05, 0) is 24.6 Å². The zero-order valence-corrected chi connectivity index (χ0v) is 10.9. The number of aryl methyl sites for hydroxylation is 1. The van der Waals surface area contributed by atoms with Crippen molar-refractivity contribution in [2.75, 3.05) is 0 Å². The van der Waals surface area contributed by atoms with Crippen LogP contribution in [0.2, 0.25) is 0 Å². The molecule has 0 fully saturated rings. The molecule has 0 saturated carbocycles. The average molecular weight is 291 g/mol. The minimum atomic E-state index is -1.44. The second kappa shape index (κ2) is 5.58. The maximum atomic E-state index is 13.4. The first-order valence-electron chi connectivity index (χ1n) is 5.84. The number of carboxylic acid groups (broad SMARTS) is 1. The molecule has 108 valence electrons. The average Bonchev–Trinajstić information content (AvgIpc) is 2.42. The molecular weight excluding hydrogens is 281 g/mol. The van der Waals surface area contributed by atoms with E-state index >= 15 is 0 Å². The van der Waals surface area contributed by atoms with Gasteiger partial charge in [-0.15, -0.1) is 0 Å². The summed E-state index contributed by atoms with van der Waals surface area (Å²) < 4.78 is 18.7. The Morgan fingerprint density at radius 3 is 2.43 bits per heavy atom. The molecule has 0 aliphatic carbocycles. The second-order valence-corrected chi connectivity index (χ2v) is 4.25. The molecule has 6 nitrogen and oxygen atoms in total. The van der Waals surface area contributed by atoms with Crippen molar-refractivity contribution in [3.8, 4) is 11.5 Å². The minimum Gasteiger partial charge on any atom is -0.477 e. The molecule has 2 rings (SSSR count). The molecule has 0 aromatic heterocycles. The number of ether oxygens (including phenoxy) is 1. The van der Waals surface area contributed by atoms with Crippen LogP contribution in [0, 0.1) is 22.9 Å². The van der Waals surface area contributed by atoms with Crippen LogP contribution in [0.25, 0.3) is 0 Å². The number of hydrogen-bond acceptors (Lipinski definition) is 4. The van der Waals surface area contributed by atoms with Gasteiger partial charge in [0.2, 0.25) is 0 Å². The summed E-state index contributed by atoms with van der Waals surface area (Å²) in [6.45, 7) is 1.59. The van der Waals surface area contributed by atoms with Crippen LogP contribution in [0.15, 0.2) is 36.4 Å². The van der Waals surface area contributed by atoms with Crippen LogP contribution in [0.5, 0.6) is 11.5 Å². The summed E-state index contributed by atoms with van der Waals surface area (Å²) in [6.07, 6.45) is 0. The van der Waals surface area contributed by atoms with E-state index in [1.54, 1.807) is 6.92 Å². The van der Waals surface area contributed by atoms with E-state index < -0.39 is 28.0 Å². The van der Waals surface area contributed by atoms with Crippen molar-refractivity contribution in [2.45, 2.75) is 6.92 Å². The Kier molecular flexibility index (Phi) is 3.84. The van der Waals surface area contributed by atoms with E-state index in [4.69, 9.17) is 9.84 Å². The molecule has 0 saturated heterocycles. The van der Waals surface area contributed by atoms with Gasteiger partial charge in [0.1, 0.15) is 22.9 Å². The van der Waals surface area contributed by atoms with Crippen molar-refractivity contribution in [1.82, 2.24) is 0 Å². The van der Waals surface area contributed by atoms with Crippen LogP contribution in [0.1, 0.15) is 15.9 Å². The SMILES string of the molecule is Cc1ccc(Oc2ccc([N+](=O)[O-])c(C(=O)O)c2)cc1F. The third-order valence-electron chi connectivity index (χ3n) is 2.77. The lowest BCUT2D eigenvalue weighted by molar-refractivity contribution is -0.385. The molecule has 0 amide bonds. The maximum absolute atomic E-state index is 13.4. The fourth-order valence-corrected chi connectivity index (χ4v) is 1.68. The zero-order valence-electron chi connectivity index (χ0n) is 10.9. The van der Waals surface area contributed by atoms with Gasteiger partial charge in [0.15, 0.2) is 0 Å². The summed E-state index contributed by atoms with van der Waals surface area (Å²) in [5.41, 5.74) is -0.590. The molecule has 0 heterocycles. The fraction of sp³-hybridized carbons (Fsp3) is 0.0714. The van der Waals surface area contributed by atoms with Crippen molar-refractivity contribution in [2.24, 2.45) is 0 Å². The van der Waals surface area contributed by atoms with Gasteiger partial charge >= 0.3 is 5.97 Å². The van der Waals surface area contributed by atoms with Crippen molar-refractivity contribution >= 4 is 11.7 Å². The first-order valence-corrected chi connectivity index (χ1v) is 5.84. The van der Waals surface area contributed by atoms with Gasteiger partial charge in [-0.3, -0.25) is 10.1 Å². The predicted molar refractivity (Wildman–Crippen MR) is 71.3 cm³/mol. The lowest BCUT2D eigenvalue weighted by Crippen LogP contribution is -2.02. The fourth-order valence-electron chi connectivity index (χ4n) is 1.68. The van der Waals surface area contributed by atoms with Gasteiger partial charge in [-0.25, -0.2) is 9.18 Å². The summed E-state index contributed by atoms with van der Waals surface area (Å²) in [6, 6.07) is 7.48. The van der Waals surface area contributed by atoms with Crippen molar-refractivity contribution in [1.29, 1.82) is 0 Å². The molecule has 0 atom stereocenters. The van der Waals surface area contributed by atoms with Crippen LogP contribution in [-0.2, 0) is 0 Å².